The van der Waals surface area contributed by atoms with E-state index in [-0.39, 0.29) is 23.8 Å². The van der Waals surface area contributed by atoms with E-state index in [0.29, 0.717) is 17.7 Å². The van der Waals surface area contributed by atoms with Crippen LogP contribution in [-0.2, 0) is 0 Å². The van der Waals surface area contributed by atoms with E-state index in [1.165, 1.54) is 0 Å². The number of carbonyl (C=O) groups is 1. The minimum atomic E-state index is -0.283. The standard InChI is InChI=1S/C15H18N6O3/c1-23-11-6-7-16-15(18-11)21-8-2-3-10(21)14-19-12(20-24-14)13(22)17-9-4-5-9/h6-7,9-10H,2-5,8H2,1H3,(H,17,22). The molecule has 0 radical (unpaired) electrons. The lowest BCUT2D eigenvalue weighted by Crippen LogP contribution is -2.27. The lowest BCUT2D eigenvalue weighted by Gasteiger charge is -2.21. The molecule has 9 nitrogen and oxygen atoms in total. The molecule has 1 atom stereocenters. The van der Waals surface area contributed by atoms with Crippen molar-refractivity contribution in [3.63, 3.8) is 0 Å². The topological polar surface area (TPSA) is 106 Å². The molecular formula is C15H18N6O3. The predicted molar refractivity (Wildman–Crippen MR) is 82.7 cm³/mol. The first-order valence-corrected chi connectivity index (χ1v) is 8.03. The zero-order valence-corrected chi connectivity index (χ0v) is 13.3. The maximum absolute atomic E-state index is 12.0. The summed E-state index contributed by atoms with van der Waals surface area (Å²) in [5.74, 6) is 1.27. The summed E-state index contributed by atoms with van der Waals surface area (Å²) < 4.78 is 10.5. The minimum absolute atomic E-state index is 0.0790. The van der Waals surface area contributed by atoms with Crippen LogP contribution in [0, 0.1) is 0 Å². The van der Waals surface area contributed by atoms with E-state index in [1.807, 2.05) is 4.90 Å². The second kappa shape index (κ2) is 6.06. The predicted octanol–water partition coefficient (Wildman–Crippen LogP) is 1.10. The Kier molecular flexibility index (Phi) is 3.75. The Morgan fingerprint density at radius 3 is 3.04 bits per heavy atom. The van der Waals surface area contributed by atoms with Crippen molar-refractivity contribution in [2.75, 3.05) is 18.6 Å². The van der Waals surface area contributed by atoms with Crippen LogP contribution >= 0.6 is 0 Å². The van der Waals surface area contributed by atoms with E-state index < -0.39 is 0 Å². The molecule has 1 aliphatic heterocycles. The molecule has 2 aliphatic rings. The number of hydrogen-bond acceptors (Lipinski definition) is 8. The molecule has 126 valence electrons. The van der Waals surface area contributed by atoms with Crippen molar-refractivity contribution in [2.24, 2.45) is 0 Å². The first-order valence-electron chi connectivity index (χ1n) is 8.03. The van der Waals surface area contributed by atoms with E-state index >= 15 is 0 Å². The van der Waals surface area contributed by atoms with Gasteiger partial charge in [-0.1, -0.05) is 5.16 Å². The van der Waals surface area contributed by atoms with Crippen molar-refractivity contribution in [1.82, 2.24) is 25.4 Å². The summed E-state index contributed by atoms with van der Waals surface area (Å²) in [5, 5.41) is 6.67. The Bertz CT molecular complexity index is 744. The quantitative estimate of drug-likeness (QED) is 0.868. The van der Waals surface area contributed by atoms with Crippen molar-refractivity contribution in [1.29, 1.82) is 0 Å². The Morgan fingerprint density at radius 1 is 1.38 bits per heavy atom. The van der Waals surface area contributed by atoms with Crippen LogP contribution < -0.4 is 15.0 Å². The van der Waals surface area contributed by atoms with E-state index in [4.69, 9.17) is 9.26 Å². The van der Waals surface area contributed by atoms with Gasteiger partial charge in [-0.3, -0.25) is 4.79 Å². The van der Waals surface area contributed by atoms with E-state index in [9.17, 15) is 4.79 Å². The third kappa shape index (κ3) is 2.89. The third-order valence-corrected chi connectivity index (χ3v) is 4.18. The summed E-state index contributed by atoms with van der Waals surface area (Å²) in [5.41, 5.74) is 0. The molecule has 1 saturated carbocycles. The van der Waals surface area contributed by atoms with Gasteiger partial charge < -0.3 is 19.5 Å². The lowest BCUT2D eigenvalue weighted by molar-refractivity contribution is 0.0937. The highest BCUT2D eigenvalue weighted by Gasteiger charge is 2.34. The maximum atomic E-state index is 12.0. The summed E-state index contributed by atoms with van der Waals surface area (Å²) in [7, 11) is 1.57. The normalized spacial score (nSPS) is 20.2. The summed E-state index contributed by atoms with van der Waals surface area (Å²) in [6.45, 7) is 0.782. The minimum Gasteiger partial charge on any atom is -0.481 e. The monoisotopic (exact) mass is 330 g/mol. The number of nitrogens with one attached hydrogen (secondary N) is 1. The third-order valence-electron chi connectivity index (χ3n) is 4.18. The van der Waals surface area contributed by atoms with Crippen molar-refractivity contribution < 1.29 is 14.1 Å². The first kappa shape index (κ1) is 14.9. The van der Waals surface area contributed by atoms with Gasteiger partial charge in [0.1, 0.15) is 6.04 Å². The van der Waals surface area contributed by atoms with Crippen LogP contribution in [0.15, 0.2) is 16.8 Å². The fraction of sp³-hybridized carbons (Fsp3) is 0.533. The Balaban J connectivity index is 1.54. The fourth-order valence-electron chi connectivity index (χ4n) is 2.79. The molecule has 9 heteroatoms. The molecule has 2 fully saturated rings. The van der Waals surface area contributed by atoms with Crippen molar-refractivity contribution in [2.45, 2.75) is 37.8 Å². The molecular weight excluding hydrogens is 312 g/mol. The highest BCUT2D eigenvalue weighted by Crippen LogP contribution is 2.34. The average Bonchev–Trinajstić information content (AvgIpc) is 3.11. The Labute approximate surface area is 138 Å². The number of anilines is 1. The van der Waals surface area contributed by atoms with Crippen LogP contribution in [0.25, 0.3) is 0 Å². The van der Waals surface area contributed by atoms with Gasteiger partial charge in [0.2, 0.25) is 17.7 Å². The van der Waals surface area contributed by atoms with Gasteiger partial charge >= 0.3 is 0 Å². The molecule has 0 bridgehead atoms. The summed E-state index contributed by atoms with van der Waals surface area (Å²) in [6.07, 6.45) is 5.47. The average molecular weight is 330 g/mol. The van der Waals surface area contributed by atoms with Crippen LogP contribution in [0.4, 0.5) is 5.95 Å². The van der Waals surface area contributed by atoms with Gasteiger partial charge in [-0.25, -0.2) is 4.98 Å². The Morgan fingerprint density at radius 2 is 2.25 bits per heavy atom. The lowest BCUT2D eigenvalue weighted by atomic mass is 10.2. The molecule has 1 aliphatic carbocycles. The van der Waals surface area contributed by atoms with E-state index in [2.05, 4.69) is 25.4 Å². The number of nitrogens with zero attached hydrogens (tertiary/aromatic N) is 5. The van der Waals surface area contributed by atoms with E-state index in [1.54, 1.807) is 19.4 Å². The Hall–Kier alpha value is -2.71. The molecule has 2 aromatic rings. The zero-order chi connectivity index (χ0) is 16.5. The molecule has 1 N–H and O–H groups in total. The van der Waals surface area contributed by atoms with Crippen LogP contribution in [-0.4, -0.2) is 45.7 Å². The number of carbonyl (C=O) groups excluding carboxylic acids is 1. The van der Waals surface area contributed by atoms with Gasteiger partial charge in [-0.15, -0.1) is 0 Å². The molecule has 0 aromatic carbocycles. The fourth-order valence-corrected chi connectivity index (χ4v) is 2.79. The second-order valence-corrected chi connectivity index (χ2v) is 5.95. The van der Waals surface area contributed by atoms with Crippen molar-refractivity contribution in [3.05, 3.63) is 24.0 Å². The molecule has 24 heavy (non-hydrogen) atoms. The highest BCUT2D eigenvalue weighted by atomic mass is 16.5. The number of ether oxygens (including phenoxy) is 1. The number of aromatic nitrogens is 4. The van der Waals surface area contributed by atoms with Gasteiger partial charge in [0, 0.05) is 24.8 Å². The zero-order valence-electron chi connectivity index (χ0n) is 13.3. The van der Waals surface area contributed by atoms with Gasteiger partial charge in [0.25, 0.3) is 11.7 Å². The largest absolute Gasteiger partial charge is 0.481 e. The maximum Gasteiger partial charge on any atom is 0.292 e. The SMILES string of the molecule is COc1ccnc(N2CCCC2c2nc(C(=O)NC3CC3)no2)n1. The van der Waals surface area contributed by atoms with Crippen LogP contribution in [0.1, 0.15) is 48.2 Å². The summed E-state index contributed by atoms with van der Waals surface area (Å²) in [6, 6.07) is 1.82. The smallest absolute Gasteiger partial charge is 0.292 e. The molecule has 1 saturated heterocycles. The molecule has 4 rings (SSSR count). The number of amides is 1. The van der Waals surface area contributed by atoms with Crippen molar-refractivity contribution >= 4 is 11.9 Å². The number of methoxy groups -OCH3 is 1. The molecule has 0 spiro atoms. The van der Waals surface area contributed by atoms with Gasteiger partial charge in [0.15, 0.2) is 0 Å². The molecule has 1 unspecified atom stereocenters. The van der Waals surface area contributed by atoms with Gasteiger partial charge in [0.05, 0.1) is 7.11 Å². The summed E-state index contributed by atoms with van der Waals surface area (Å²) >= 11 is 0. The molecule has 1 amide bonds. The number of hydrogen-bond donors (Lipinski definition) is 1. The van der Waals surface area contributed by atoms with Crippen molar-refractivity contribution in [3.8, 4) is 5.88 Å². The van der Waals surface area contributed by atoms with Crippen LogP contribution in [0.2, 0.25) is 0 Å². The second-order valence-electron chi connectivity index (χ2n) is 5.95. The summed E-state index contributed by atoms with van der Waals surface area (Å²) in [4.78, 5) is 26.9. The van der Waals surface area contributed by atoms with Gasteiger partial charge in [-0.05, 0) is 25.7 Å². The molecule has 2 aromatic heterocycles. The van der Waals surface area contributed by atoms with Gasteiger partial charge in [-0.2, -0.15) is 9.97 Å². The first-order chi connectivity index (χ1) is 11.7. The van der Waals surface area contributed by atoms with E-state index in [0.717, 1.165) is 32.2 Å². The van der Waals surface area contributed by atoms with Crippen LogP contribution in [0.3, 0.4) is 0 Å². The molecule has 3 heterocycles. The number of rotatable bonds is 5. The highest BCUT2D eigenvalue weighted by molar-refractivity contribution is 5.90. The van der Waals surface area contributed by atoms with Crippen LogP contribution in [0.5, 0.6) is 5.88 Å².